The largest absolute Gasteiger partial charge is 0.454 e. The first-order valence-corrected chi connectivity index (χ1v) is 6.43. The van der Waals surface area contributed by atoms with Gasteiger partial charge in [0.1, 0.15) is 0 Å². The molecule has 3 rings (SSSR count). The lowest BCUT2D eigenvalue weighted by Crippen LogP contribution is -2.15. The molecule has 21 heavy (non-hydrogen) atoms. The van der Waals surface area contributed by atoms with Crippen LogP contribution in [0.5, 0.6) is 11.5 Å². The van der Waals surface area contributed by atoms with E-state index in [1.165, 1.54) is 0 Å². The third-order valence-corrected chi connectivity index (χ3v) is 2.88. The molecule has 0 amide bonds. The number of fused-ring (bicyclic) bond motifs is 1. The first kappa shape index (κ1) is 13.2. The van der Waals surface area contributed by atoms with Gasteiger partial charge in [-0.15, -0.1) is 0 Å². The van der Waals surface area contributed by atoms with E-state index >= 15 is 0 Å². The van der Waals surface area contributed by atoms with Gasteiger partial charge in [-0.3, -0.25) is 0 Å². The van der Waals surface area contributed by atoms with Crippen LogP contribution < -0.4 is 25.0 Å². The Morgan fingerprint density at radius 3 is 2.57 bits per heavy atom. The standard InChI is InChI=1S/C13H16N6O2/c1-14-11-16-12(18-13(17-11)19(2)3)15-8-4-5-9-10(6-8)21-7-20-9/h4-6H,7H2,1-3H3,(H2,14,15,16,17,18). The summed E-state index contributed by atoms with van der Waals surface area (Å²) in [7, 11) is 5.51. The fraction of sp³-hybridized carbons (Fsp3) is 0.308. The number of benzene rings is 1. The summed E-state index contributed by atoms with van der Waals surface area (Å²) < 4.78 is 10.6. The molecule has 0 fully saturated rings. The van der Waals surface area contributed by atoms with Crippen LogP contribution in [-0.4, -0.2) is 42.9 Å². The summed E-state index contributed by atoms with van der Waals surface area (Å²) in [5, 5.41) is 6.06. The molecule has 110 valence electrons. The van der Waals surface area contributed by atoms with Gasteiger partial charge in [0.2, 0.25) is 24.6 Å². The van der Waals surface area contributed by atoms with E-state index in [4.69, 9.17) is 9.47 Å². The topological polar surface area (TPSA) is 84.4 Å². The average molecular weight is 288 g/mol. The molecule has 1 aromatic carbocycles. The van der Waals surface area contributed by atoms with Crippen molar-refractivity contribution in [2.45, 2.75) is 0 Å². The van der Waals surface area contributed by atoms with Crippen molar-refractivity contribution >= 4 is 23.5 Å². The van der Waals surface area contributed by atoms with Gasteiger partial charge in [0.15, 0.2) is 11.5 Å². The van der Waals surface area contributed by atoms with Crippen LogP contribution in [0, 0.1) is 0 Å². The third-order valence-electron chi connectivity index (χ3n) is 2.88. The minimum atomic E-state index is 0.249. The lowest BCUT2D eigenvalue weighted by atomic mass is 10.3. The maximum Gasteiger partial charge on any atom is 0.233 e. The molecule has 0 saturated heterocycles. The van der Waals surface area contributed by atoms with Gasteiger partial charge in [-0.05, 0) is 12.1 Å². The highest BCUT2D eigenvalue weighted by atomic mass is 16.7. The van der Waals surface area contributed by atoms with E-state index < -0.39 is 0 Å². The zero-order chi connectivity index (χ0) is 14.8. The number of anilines is 4. The van der Waals surface area contributed by atoms with Crippen LogP contribution in [0.2, 0.25) is 0 Å². The van der Waals surface area contributed by atoms with Crippen molar-refractivity contribution in [1.29, 1.82) is 0 Å². The fourth-order valence-corrected chi connectivity index (χ4v) is 1.84. The van der Waals surface area contributed by atoms with E-state index in [2.05, 4.69) is 25.6 Å². The number of rotatable bonds is 4. The number of hydrogen-bond acceptors (Lipinski definition) is 8. The fourth-order valence-electron chi connectivity index (χ4n) is 1.84. The number of nitrogens with zero attached hydrogens (tertiary/aromatic N) is 4. The molecule has 0 saturated carbocycles. The normalized spacial score (nSPS) is 12.1. The van der Waals surface area contributed by atoms with Gasteiger partial charge in [0, 0.05) is 32.9 Å². The number of ether oxygens (including phenoxy) is 2. The van der Waals surface area contributed by atoms with E-state index in [0.717, 1.165) is 11.4 Å². The maximum absolute atomic E-state index is 5.35. The van der Waals surface area contributed by atoms with Crippen LogP contribution in [-0.2, 0) is 0 Å². The van der Waals surface area contributed by atoms with Crippen LogP contribution in [0.4, 0.5) is 23.5 Å². The van der Waals surface area contributed by atoms with E-state index in [1.54, 1.807) is 7.05 Å². The van der Waals surface area contributed by atoms with Gasteiger partial charge in [-0.1, -0.05) is 0 Å². The van der Waals surface area contributed by atoms with Crippen molar-refractivity contribution in [3.63, 3.8) is 0 Å². The molecule has 0 bridgehead atoms. The molecule has 0 spiro atoms. The van der Waals surface area contributed by atoms with E-state index in [1.807, 2.05) is 37.2 Å². The molecule has 8 heteroatoms. The van der Waals surface area contributed by atoms with Gasteiger partial charge in [0.25, 0.3) is 0 Å². The van der Waals surface area contributed by atoms with Gasteiger partial charge in [-0.25, -0.2) is 0 Å². The van der Waals surface area contributed by atoms with Crippen molar-refractivity contribution in [1.82, 2.24) is 15.0 Å². The number of nitrogens with one attached hydrogen (secondary N) is 2. The smallest absolute Gasteiger partial charge is 0.233 e. The van der Waals surface area contributed by atoms with Crippen molar-refractivity contribution in [3.05, 3.63) is 18.2 Å². The van der Waals surface area contributed by atoms with E-state index in [-0.39, 0.29) is 6.79 Å². The Morgan fingerprint density at radius 1 is 1.05 bits per heavy atom. The number of hydrogen-bond donors (Lipinski definition) is 2. The summed E-state index contributed by atoms with van der Waals surface area (Å²) in [5.74, 6) is 2.96. The molecule has 1 aromatic heterocycles. The Labute approximate surface area is 122 Å². The van der Waals surface area contributed by atoms with Crippen molar-refractivity contribution in [3.8, 4) is 11.5 Å². The monoisotopic (exact) mass is 288 g/mol. The first-order chi connectivity index (χ1) is 10.2. The van der Waals surface area contributed by atoms with Gasteiger partial charge >= 0.3 is 0 Å². The highest BCUT2D eigenvalue weighted by Gasteiger charge is 2.14. The lowest BCUT2D eigenvalue weighted by Gasteiger charge is -2.13. The second kappa shape index (κ2) is 5.31. The van der Waals surface area contributed by atoms with Crippen LogP contribution in [0.15, 0.2) is 18.2 Å². The maximum atomic E-state index is 5.35. The highest BCUT2D eigenvalue weighted by molar-refractivity contribution is 5.61. The van der Waals surface area contributed by atoms with Gasteiger partial charge in [0.05, 0.1) is 0 Å². The van der Waals surface area contributed by atoms with Gasteiger partial charge in [-0.2, -0.15) is 15.0 Å². The van der Waals surface area contributed by atoms with Crippen molar-refractivity contribution in [2.75, 3.05) is 43.5 Å². The Kier molecular flexibility index (Phi) is 3.35. The predicted molar refractivity (Wildman–Crippen MR) is 79.5 cm³/mol. The Hall–Kier alpha value is -2.77. The summed E-state index contributed by atoms with van der Waals surface area (Å²) in [6, 6.07) is 5.57. The van der Waals surface area contributed by atoms with Gasteiger partial charge < -0.3 is 25.0 Å². The molecule has 0 unspecified atom stereocenters. The Morgan fingerprint density at radius 2 is 1.81 bits per heavy atom. The Bertz CT molecular complexity index is 661. The number of aromatic nitrogens is 3. The van der Waals surface area contributed by atoms with E-state index in [0.29, 0.717) is 23.6 Å². The minimum absolute atomic E-state index is 0.249. The van der Waals surface area contributed by atoms with E-state index in [9.17, 15) is 0 Å². The summed E-state index contributed by atoms with van der Waals surface area (Å²) in [6.07, 6.45) is 0. The van der Waals surface area contributed by atoms with Crippen LogP contribution in [0.25, 0.3) is 0 Å². The summed E-state index contributed by atoms with van der Waals surface area (Å²) >= 11 is 0. The van der Waals surface area contributed by atoms with Crippen molar-refractivity contribution < 1.29 is 9.47 Å². The zero-order valence-corrected chi connectivity index (χ0v) is 12.0. The molecular formula is C13H16N6O2. The highest BCUT2D eigenvalue weighted by Crippen LogP contribution is 2.34. The molecule has 0 aliphatic carbocycles. The molecule has 2 aromatic rings. The molecule has 1 aliphatic rings. The molecule has 0 radical (unpaired) electrons. The predicted octanol–water partition coefficient (Wildman–Crippen LogP) is 1.45. The summed E-state index contributed by atoms with van der Waals surface area (Å²) in [5.41, 5.74) is 0.817. The second-order valence-electron chi connectivity index (χ2n) is 4.62. The van der Waals surface area contributed by atoms with Crippen LogP contribution in [0.1, 0.15) is 0 Å². The Balaban J connectivity index is 1.88. The van der Waals surface area contributed by atoms with Crippen molar-refractivity contribution in [2.24, 2.45) is 0 Å². The SMILES string of the molecule is CNc1nc(Nc2ccc3c(c2)OCO3)nc(N(C)C)n1. The quantitative estimate of drug-likeness (QED) is 0.874. The molecule has 1 aliphatic heterocycles. The average Bonchev–Trinajstić information content (AvgIpc) is 2.94. The molecule has 2 N–H and O–H groups in total. The van der Waals surface area contributed by atoms with Crippen LogP contribution in [0.3, 0.4) is 0 Å². The minimum Gasteiger partial charge on any atom is -0.454 e. The molecular weight excluding hydrogens is 272 g/mol. The summed E-state index contributed by atoms with van der Waals surface area (Å²) in [6.45, 7) is 0.249. The third kappa shape index (κ3) is 2.73. The molecule has 8 nitrogen and oxygen atoms in total. The molecule has 2 heterocycles. The van der Waals surface area contributed by atoms with Crippen LogP contribution >= 0.6 is 0 Å². The molecule has 0 atom stereocenters. The lowest BCUT2D eigenvalue weighted by molar-refractivity contribution is 0.174. The summed E-state index contributed by atoms with van der Waals surface area (Å²) in [4.78, 5) is 14.7. The second-order valence-corrected chi connectivity index (χ2v) is 4.62. The zero-order valence-electron chi connectivity index (χ0n) is 12.0. The first-order valence-electron chi connectivity index (χ1n) is 6.43.